The number of rotatable bonds is 3. The largest absolute Gasteiger partial charge is 0.487 e. The Hall–Kier alpha value is -2.29. The van der Waals surface area contributed by atoms with E-state index in [4.69, 9.17) is 4.74 Å². The van der Waals surface area contributed by atoms with Gasteiger partial charge in [-0.2, -0.15) is 0 Å². The van der Waals surface area contributed by atoms with Gasteiger partial charge in [-0.25, -0.2) is 4.39 Å². The number of halogens is 1. The van der Waals surface area contributed by atoms with Crippen molar-refractivity contribution in [3.63, 3.8) is 0 Å². The van der Waals surface area contributed by atoms with E-state index in [1.165, 1.54) is 28.6 Å². The van der Waals surface area contributed by atoms with Crippen LogP contribution in [0, 0.1) is 12.7 Å². The predicted molar refractivity (Wildman–Crippen MR) is 78.4 cm³/mol. The first-order valence-corrected chi connectivity index (χ1v) is 6.57. The van der Waals surface area contributed by atoms with E-state index in [1.807, 2.05) is 7.05 Å². The van der Waals surface area contributed by atoms with Gasteiger partial charge in [0.05, 0.1) is 5.69 Å². The van der Waals surface area contributed by atoms with Crippen molar-refractivity contribution in [3.8, 4) is 5.75 Å². The van der Waals surface area contributed by atoms with Crippen LogP contribution in [0.1, 0.15) is 11.3 Å². The van der Waals surface area contributed by atoms with Crippen LogP contribution in [0.3, 0.4) is 0 Å². The molecule has 102 valence electrons. The first kappa shape index (κ1) is 12.7. The Morgan fingerprint density at radius 2 is 1.80 bits per heavy atom. The fraction of sp³-hybridized carbons (Fsp3) is 0.176. The zero-order valence-corrected chi connectivity index (χ0v) is 11.6. The third-order valence-electron chi connectivity index (χ3n) is 3.50. The molecule has 0 N–H and O–H groups in total. The molecule has 3 aromatic rings. The minimum atomic E-state index is -0.252. The van der Waals surface area contributed by atoms with Crippen LogP contribution in [0.2, 0.25) is 0 Å². The number of hydrogen-bond donors (Lipinski definition) is 0. The van der Waals surface area contributed by atoms with E-state index in [2.05, 4.69) is 35.8 Å². The number of hydrogen-bond acceptors (Lipinski definition) is 1. The summed E-state index contributed by atoms with van der Waals surface area (Å²) in [5, 5.41) is 1.21. The maximum Gasteiger partial charge on any atom is 0.128 e. The molecule has 0 radical (unpaired) electrons. The molecule has 2 aromatic carbocycles. The van der Waals surface area contributed by atoms with Crippen molar-refractivity contribution in [2.75, 3.05) is 0 Å². The number of ether oxygens (including phenoxy) is 1. The second-order valence-corrected chi connectivity index (χ2v) is 5.00. The lowest BCUT2D eigenvalue weighted by molar-refractivity contribution is 0.297. The normalized spacial score (nSPS) is 10.9. The molecule has 0 unspecified atom stereocenters. The molecule has 0 aliphatic rings. The highest BCUT2D eigenvalue weighted by Gasteiger charge is 2.06. The standard InChI is InChI=1S/C17H16FNO/c1-12-3-8-17-13(9-12)10-15(19(17)2)11-20-16-6-4-14(18)5-7-16/h3-10H,11H2,1-2H3. The van der Waals surface area contributed by atoms with E-state index in [-0.39, 0.29) is 5.82 Å². The summed E-state index contributed by atoms with van der Waals surface area (Å²) in [5.41, 5.74) is 3.53. The van der Waals surface area contributed by atoms with Crippen molar-refractivity contribution < 1.29 is 9.13 Å². The molecule has 0 amide bonds. The van der Waals surface area contributed by atoms with Crippen LogP contribution in [-0.4, -0.2) is 4.57 Å². The molecule has 3 rings (SSSR count). The van der Waals surface area contributed by atoms with E-state index in [1.54, 1.807) is 12.1 Å². The van der Waals surface area contributed by atoms with Crippen LogP contribution in [-0.2, 0) is 13.7 Å². The molecule has 1 aromatic heterocycles. The molecular weight excluding hydrogens is 253 g/mol. The number of benzene rings is 2. The van der Waals surface area contributed by atoms with Gasteiger partial charge in [0.2, 0.25) is 0 Å². The van der Waals surface area contributed by atoms with Gasteiger partial charge in [0.25, 0.3) is 0 Å². The zero-order chi connectivity index (χ0) is 14.1. The Kier molecular flexibility index (Phi) is 3.18. The highest BCUT2D eigenvalue weighted by Crippen LogP contribution is 2.21. The van der Waals surface area contributed by atoms with Crippen molar-refractivity contribution in [3.05, 3.63) is 65.6 Å². The van der Waals surface area contributed by atoms with Crippen LogP contribution in [0.25, 0.3) is 10.9 Å². The summed E-state index contributed by atoms with van der Waals surface area (Å²) in [6.45, 7) is 2.55. The third-order valence-corrected chi connectivity index (χ3v) is 3.50. The van der Waals surface area contributed by atoms with E-state index in [0.29, 0.717) is 12.4 Å². The molecule has 0 saturated carbocycles. The summed E-state index contributed by atoms with van der Waals surface area (Å²) in [4.78, 5) is 0. The maximum absolute atomic E-state index is 12.8. The monoisotopic (exact) mass is 269 g/mol. The van der Waals surface area contributed by atoms with Gasteiger partial charge in [0, 0.05) is 18.0 Å². The maximum atomic E-state index is 12.8. The van der Waals surface area contributed by atoms with Crippen LogP contribution in [0.15, 0.2) is 48.5 Å². The van der Waals surface area contributed by atoms with Crippen molar-refractivity contribution in [2.45, 2.75) is 13.5 Å². The zero-order valence-electron chi connectivity index (χ0n) is 11.6. The van der Waals surface area contributed by atoms with Crippen LogP contribution in [0.5, 0.6) is 5.75 Å². The number of nitrogens with zero attached hydrogens (tertiary/aromatic N) is 1. The summed E-state index contributed by atoms with van der Waals surface area (Å²) >= 11 is 0. The topological polar surface area (TPSA) is 14.2 Å². The summed E-state index contributed by atoms with van der Waals surface area (Å²) in [6.07, 6.45) is 0. The summed E-state index contributed by atoms with van der Waals surface area (Å²) in [6, 6.07) is 14.6. The lowest BCUT2D eigenvalue weighted by Crippen LogP contribution is -2.01. The van der Waals surface area contributed by atoms with Gasteiger partial charge in [-0.15, -0.1) is 0 Å². The molecule has 20 heavy (non-hydrogen) atoms. The molecule has 3 heteroatoms. The molecule has 0 saturated heterocycles. The van der Waals surface area contributed by atoms with Crippen molar-refractivity contribution in [2.24, 2.45) is 7.05 Å². The van der Waals surface area contributed by atoms with Crippen molar-refractivity contribution in [1.29, 1.82) is 0 Å². The predicted octanol–water partition coefficient (Wildman–Crippen LogP) is 4.20. The second-order valence-electron chi connectivity index (χ2n) is 5.00. The van der Waals surface area contributed by atoms with Crippen molar-refractivity contribution in [1.82, 2.24) is 4.57 Å². The van der Waals surface area contributed by atoms with E-state index < -0.39 is 0 Å². The Morgan fingerprint density at radius 1 is 1.05 bits per heavy atom. The molecule has 0 fully saturated rings. The average molecular weight is 269 g/mol. The summed E-state index contributed by atoms with van der Waals surface area (Å²) in [5.74, 6) is 0.422. The van der Waals surface area contributed by atoms with E-state index in [0.717, 1.165) is 5.69 Å². The fourth-order valence-electron chi connectivity index (χ4n) is 2.35. The highest BCUT2D eigenvalue weighted by molar-refractivity contribution is 5.82. The van der Waals surface area contributed by atoms with Crippen LogP contribution >= 0.6 is 0 Å². The Bertz CT molecular complexity index is 744. The third kappa shape index (κ3) is 2.39. The molecule has 1 heterocycles. The van der Waals surface area contributed by atoms with Gasteiger partial charge in [0.15, 0.2) is 0 Å². The first-order valence-electron chi connectivity index (χ1n) is 6.57. The van der Waals surface area contributed by atoms with Gasteiger partial charge < -0.3 is 9.30 Å². The molecule has 0 spiro atoms. The minimum absolute atomic E-state index is 0.252. The van der Waals surface area contributed by atoms with Gasteiger partial charge >= 0.3 is 0 Å². The number of aromatic nitrogens is 1. The average Bonchev–Trinajstić information content (AvgIpc) is 2.74. The Labute approximate surface area is 117 Å². The first-order chi connectivity index (χ1) is 9.63. The number of aryl methyl sites for hydroxylation is 2. The van der Waals surface area contributed by atoms with Gasteiger partial charge in [0.1, 0.15) is 18.2 Å². The fourth-order valence-corrected chi connectivity index (χ4v) is 2.35. The van der Waals surface area contributed by atoms with Gasteiger partial charge in [-0.3, -0.25) is 0 Å². The second kappa shape index (κ2) is 5.00. The Balaban J connectivity index is 1.84. The van der Waals surface area contributed by atoms with Crippen molar-refractivity contribution >= 4 is 10.9 Å². The minimum Gasteiger partial charge on any atom is -0.487 e. The lowest BCUT2D eigenvalue weighted by Gasteiger charge is -2.07. The van der Waals surface area contributed by atoms with E-state index >= 15 is 0 Å². The molecule has 0 bridgehead atoms. The molecule has 2 nitrogen and oxygen atoms in total. The van der Waals surface area contributed by atoms with Gasteiger partial charge in [-0.05, 0) is 49.4 Å². The van der Waals surface area contributed by atoms with Gasteiger partial charge in [-0.1, -0.05) is 11.6 Å². The summed E-state index contributed by atoms with van der Waals surface area (Å²) < 4.78 is 20.7. The smallest absolute Gasteiger partial charge is 0.128 e. The Morgan fingerprint density at radius 3 is 2.55 bits per heavy atom. The van der Waals surface area contributed by atoms with E-state index in [9.17, 15) is 4.39 Å². The quantitative estimate of drug-likeness (QED) is 0.695. The lowest BCUT2D eigenvalue weighted by atomic mass is 10.2. The molecule has 0 aliphatic carbocycles. The van der Waals surface area contributed by atoms with Crippen LogP contribution in [0.4, 0.5) is 4.39 Å². The molecule has 0 atom stereocenters. The highest BCUT2D eigenvalue weighted by atomic mass is 19.1. The molecular formula is C17H16FNO. The number of fused-ring (bicyclic) bond motifs is 1. The SMILES string of the molecule is Cc1ccc2c(c1)cc(COc1ccc(F)cc1)n2C. The van der Waals surface area contributed by atoms with Crippen LogP contribution < -0.4 is 4.74 Å². The molecule has 0 aliphatic heterocycles. The summed E-state index contributed by atoms with van der Waals surface area (Å²) in [7, 11) is 2.03.